The van der Waals surface area contributed by atoms with Crippen LogP contribution in [-0.2, 0) is 6.42 Å². The van der Waals surface area contributed by atoms with Gasteiger partial charge in [0.05, 0.1) is 12.2 Å². The van der Waals surface area contributed by atoms with Gasteiger partial charge in [0.15, 0.2) is 0 Å². The number of benzene rings is 1. The normalized spacial score (nSPS) is 45.9. The van der Waals surface area contributed by atoms with Gasteiger partial charge in [0.25, 0.3) is 0 Å². The summed E-state index contributed by atoms with van der Waals surface area (Å²) in [6.45, 7) is 2.15. The van der Waals surface area contributed by atoms with Crippen molar-refractivity contribution >= 4 is 0 Å². The highest BCUT2D eigenvalue weighted by molar-refractivity contribution is 5.42. The summed E-state index contributed by atoms with van der Waals surface area (Å²) in [5.41, 5.74) is 2.51. The van der Waals surface area contributed by atoms with Crippen LogP contribution >= 0.6 is 0 Å². The Morgan fingerprint density at radius 3 is 2.85 bits per heavy atom. The molecule has 1 aromatic carbocycles. The van der Waals surface area contributed by atoms with Crippen LogP contribution in [0.1, 0.15) is 43.2 Å². The second-order valence-electron chi connectivity index (χ2n) is 7.26. The van der Waals surface area contributed by atoms with Crippen LogP contribution < -0.4 is 0 Å². The van der Waals surface area contributed by atoms with Crippen molar-refractivity contribution in [1.82, 2.24) is 0 Å². The molecule has 0 spiro atoms. The fraction of sp³-hybridized carbons (Fsp3) is 0.647. The van der Waals surface area contributed by atoms with E-state index in [-0.39, 0.29) is 5.41 Å². The zero-order valence-corrected chi connectivity index (χ0v) is 11.8. The highest BCUT2D eigenvalue weighted by Gasteiger charge is 2.58. The Balaban J connectivity index is 1.73. The third-order valence-corrected chi connectivity index (χ3v) is 6.39. The van der Waals surface area contributed by atoms with Crippen molar-refractivity contribution in [2.24, 2.45) is 17.3 Å². The van der Waals surface area contributed by atoms with Crippen molar-refractivity contribution < 1.29 is 15.3 Å². The lowest BCUT2D eigenvalue weighted by atomic mass is 9.60. The van der Waals surface area contributed by atoms with Crippen molar-refractivity contribution in [3.63, 3.8) is 0 Å². The minimum absolute atomic E-state index is 0.134. The SMILES string of the molecule is C[C@]12CC[C@@H]3c4cc(O)ccc4C[C@@H]3[C@@H]1C[C@@H](O)[C@@H]2O. The number of hydrogen-bond acceptors (Lipinski definition) is 3. The Hall–Kier alpha value is -1.06. The first-order valence-corrected chi connectivity index (χ1v) is 7.68. The molecule has 0 aliphatic heterocycles. The minimum atomic E-state index is -0.578. The highest BCUT2D eigenvalue weighted by Crippen LogP contribution is 2.61. The van der Waals surface area contributed by atoms with Gasteiger partial charge in [0.1, 0.15) is 5.75 Å². The minimum Gasteiger partial charge on any atom is -0.508 e. The number of rotatable bonds is 0. The van der Waals surface area contributed by atoms with E-state index in [9.17, 15) is 15.3 Å². The zero-order chi connectivity index (χ0) is 14.1. The van der Waals surface area contributed by atoms with Crippen LogP contribution in [0.3, 0.4) is 0 Å². The Bertz CT molecular complexity index is 555. The van der Waals surface area contributed by atoms with Crippen molar-refractivity contribution in [2.75, 3.05) is 0 Å². The number of aliphatic hydroxyl groups is 2. The summed E-state index contributed by atoms with van der Waals surface area (Å²) in [7, 11) is 0. The number of aromatic hydroxyl groups is 1. The van der Waals surface area contributed by atoms with Gasteiger partial charge >= 0.3 is 0 Å². The molecule has 3 aliphatic carbocycles. The predicted octanol–water partition coefficient (Wildman–Crippen LogP) is 2.19. The Labute approximate surface area is 119 Å². The van der Waals surface area contributed by atoms with Crippen LogP contribution in [0.4, 0.5) is 0 Å². The van der Waals surface area contributed by atoms with Gasteiger partial charge in [-0.25, -0.2) is 0 Å². The smallest absolute Gasteiger partial charge is 0.115 e. The van der Waals surface area contributed by atoms with Crippen LogP contribution in [0.15, 0.2) is 18.2 Å². The third-order valence-electron chi connectivity index (χ3n) is 6.39. The highest BCUT2D eigenvalue weighted by atomic mass is 16.3. The van der Waals surface area contributed by atoms with Gasteiger partial charge in [-0.05, 0) is 72.1 Å². The lowest BCUT2D eigenvalue weighted by Gasteiger charge is -2.45. The van der Waals surface area contributed by atoms with E-state index < -0.39 is 12.2 Å². The van der Waals surface area contributed by atoms with Crippen LogP contribution in [0.25, 0.3) is 0 Å². The van der Waals surface area contributed by atoms with E-state index in [1.54, 1.807) is 6.07 Å². The summed E-state index contributed by atoms with van der Waals surface area (Å²) in [5.74, 6) is 1.75. The molecule has 0 amide bonds. The van der Waals surface area contributed by atoms with Crippen molar-refractivity contribution in [3.05, 3.63) is 29.3 Å². The average Bonchev–Trinajstić information content (AvgIpc) is 2.88. The molecule has 0 aromatic heterocycles. The summed E-state index contributed by atoms with van der Waals surface area (Å²) in [6, 6.07) is 5.74. The van der Waals surface area contributed by atoms with E-state index in [1.807, 2.05) is 12.1 Å². The topological polar surface area (TPSA) is 60.7 Å². The number of phenols is 1. The molecule has 1 aromatic rings. The van der Waals surface area contributed by atoms with Gasteiger partial charge in [0.2, 0.25) is 0 Å². The number of hydrogen-bond donors (Lipinski definition) is 3. The monoisotopic (exact) mass is 274 g/mol. The molecule has 2 saturated carbocycles. The maximum absolute atomic E-state index is 10.3. The second kappa shape index (κ2) is 3.99. The molecule has 6 atom stereocenters. The molecule has 4 rings (SSSR count). The summed E-state index contributed by atoms with van der Waals surface area (Å²) < 4.78 is 0. The molecule has 2 fully saturated rings. The Morgan fingerprint density at radius 2 is 2.05 bits per heavy atom. The molecule has 3 nitrogen and oxygen atoms in total. The zero-order valence-electron chi connectivity index (χ0n) is 11.8. The quantitative estimate of drug-likeness (QED) is 0.679. The molecular formula is C17H22O3. The first-order chi connectivity index (χ1) is 9.50. The molecular weight excluding hydrogens is 252 g/mol. The van der Waals surface area contributed by atoms with Gasteiger partial charge in [-0.1, -0.05) is 13.0 Å². The Kier molecular flexibility index (Phi) is 2.52. The average molecular weight is 274 g/mol. The summed E-state index contributed by atoms with van der Waals surface area (Å²) in [6.07, 6.45) is 2.62. The summed E-state index contributed by atoms with van der Waals surface area (Å²) in [5, 5.41) is 30.2. The number of phenolic OH excluding ortho intramolecular Hbond substituents is 1. The maximum atomic E-state index is 10.3. The van der Waals surface area contributed by atoms with Gasteiger partial charge < -0.3 is 15.3 Å². The van der Waals surface area contributed by atoms with E-state index in [0.29, 0.717) is 23.5 Å². The molecule has 3 aliphatic rings. The van der Waals surface area contributed by atoms with Gasteiger partial charge in [-0.2, -0.15) is 0 Å². The molecule has 0 heterocycles. The number of aliphatic hydroxyl groups excluding tert-OH is 2. The number of fused-ring (bicyclic) bond motifs is 5. The molecule has 3 N–H and O–H groups in total. The van der Waals surface area contributed by atoms with Gasteiger partial charge in [0, 0.05) is 0 Å². The van der Waals surface area contributed by atoms with Crippen molar-refractivity contribution in [3.8, 4) is 5.75 Å². The third kappa shape index (κ3) is 1.48. The molecule has 0 saturated heterocycles. The summed E-state index contributed by atoms with van der Waals surface area (Å²) >= 11 is 0. The van der Waals surface area contributed by atoms with Gasteiger partial charge in [-0.15, -0.1) is 0 Å². The van der Waals surface area contributed by atoms with E-state index in [2.05, 4.69) is 6.92 Å². The van der Waals surface area contributed by atoms with E-state index in [1.165, 1.54) is 11.1 Å². The molecule has 108 valence electrons. The fourth-order valence-corrected chi connectivity index (χ4v) is 5.31. The van der Waals surface area contributed by atoms with Crippen LogP contribution in [0.2, 0.25) is 0 Å². The van der Waals surface area contributed by atoms with Crippen LogP contribution in [0.5, 0.6) is 5.75 Å². The standard InChI is InChI=1S/C17H22O3/c1-17-5-4-11-12-7-10(18)3-2-9(12)6-13(11)14(17)8-15(19)16(17)20/h2-3,7,11,13-16,18-20H,4-6,8H2,1H3/t11-,13+,14+,15-,16+,17+/m1/s1. The lowest BCUT2D eigenvalue weighted by Crippen LogP contribution is -2.42. The van der Waals surface area contributed by atoms with Gasteiger partial charge in [-0.3, -0.25) is 0 Å². The first kappa shape index (κ1) is 12.7. The van der Waals surface area contributed by atoms with Crippen molar-refractivity contribution in [2.45, 2.75) is 50.7 Å². The van der Waals surface area contributed by atoms with E-state index >= 15 is 0 Å². The summed E-state index contributed by atoms with van der Waals surface area (Å²) in [4.78, 5) is 0. The van der Waals surface area contributed by atoms with Crippen molar-refractivity contribution in [1.29, 1.82) is 0 Å². The first-order valence-electron chi connectivity index (χ1n) is 7.68. The predicted molar refractivity (Wildman–Crippen MR) is 75.5 cm³/mol. The lowest BCUT2D eigenvalue weighted by molar-refractivity contribution is -0.0465. The van der Waals surface area contributed by atoms with E-state index in [0.717, 1.165) is 25.7 Å². The molecule has 0 radical (unpaired) electrons. The van der Waals surface area contributed by atoms with Crippen LogP contribution in [0, 0.1) is 17.3 Å². The molecule has 0 bridgehead atoms. The second-order valence-corrected chi connectivity index (χ2v) is 7.26. The molecule has 0 unspecified atom stereocenters. The Morgan fingerprint density at radius 1 is 1.25 bits per heavy atom. The van der Waals surface area contributed by atoms with E-state index in [4.69, 9.17) is 0 Å². The molecule has 3 heteroatoms. The fourth-order valence-electron chi connectivity index (χ4n) is 5.31. The van der Waals surface area contributed by atoms with Crippen LogP contribution in [-0.4, -0.2) is 27.5 Å². The molecule has 20 heavy (non-hydrogen) atoms. The maximum Gasteiger partial charge on any atom is 0.115 e. The largest absolute Gasteiger partial charge is 0.508 e.